The Morgan fingerprint density at radius 3 is 2.10 bits per heavy atom. The van der Waals surface area contributed by atoms with Gasteiger partial charge in [-0.1, -0.05) is 60.7 Å². The van der Waals surface area contributed by atoms with Gasteiger partial charge in [0.25, 0.3) is 0 Å². The predicted octanol–water partition coefficient (Wildman–Crippen LogP) is 3.76. The van der Waals surface area contributed by atoms with Gasteiger partial charge in [0.2, 0.25) is 6.41 Å². The van der Waals surface area contributed by atoms with Crippen LogP contribution in [0.3, 0.4) is 0 Å². The monoisotopic (exact) mass is 265 g/mol. The highest BCUT2D eigenvalue weighted by Crippen LogP contribution is 2.38. The average Bonchev–Trinajstić information content (AvgIpc) is 2.56. The lowest BCUT2D eigenvalue weighted by Gasteiger charge is -2.37. The zero-order chi connectivity index (χ0) is 13.8. The predicted molar refractivity (Wildman–Crippen MR) is 80.4 cm³/mol. The molecule has 0 spiro atoms. The first-order valence-electron chi connectivity index (χ1n) is 7.19. The topological polar surface area (TPSA) is 20.3 Å². The summed E-state index contributed by atoms with van der Waals surface area (Å²) in [5.74, 6) is 0.539. The van der Waals surface area contributed by atoms with Gasteiger partial charge < -0.3 is 4.90 Å². The van der Waals surface area contributed by atoms with E-state index in [1.807, 2.05) is 23.1 Å². The molecule has 1 amide bonds. The molecule has 2 heteroatoms. The van der Waals surface area contributed by atoms with E-state index in [-0.39, 0.29) is 6.04 Å². The molecule has 0 N–H and O–H groups in total. The van der Waals surface area contributed by atoms with Crippen molar-refractivity contribution in [2.75, 3.05) is 6.54 Å². The van der Waals surface area contributed by atoms with Crippen LogP contribution >= 0.6 is 0 Å². The second-order valence-electron chi connectivity index (χ2n) is 5.40. The molecule has 0 aliphatic carbocycles. The van der Waals surface area contributed by atoms with Gasteiger partial charge in [0.15, 0.2) is 0 Å². The van der Waals surface area contributed by atoms with Gasteiger partial charge in [0, 0.05) is 6.54 Å². The van der Waals surface area contributed by atoms with Crippen LogP contribution in [0.15, 0.2) is 60.7 Å². The fourth-order valence-corrected chi connectivity index (χ4v) is 3.14. The highest BCUT2D eigenvalue weighted by Gasteiger charge is 2.29. The van der Waals surface area contributed by atoms with Gasteiger partial charge in [-0.15, -0.1) is 0 Å². The van der Waals surface area contributed by atoms with Gasteiger partial charge in [0.05, 0.1) is 6.04 Å². The number of nitrogens with zero attached hydrogens (tertiary/aromatic N) is 1. The van der Waals surface area contributed by atoms with Crippen LogP contribution in [-0.4, -0.2) is 17.9 Å². The van der Waals surface area contributed by atoms with Crippen molar-refractivity contribution >= 4 is 6.41 Å². The molecule has 2 atom stereocenters. The van der Waals surface area contributed by atoms with Crippen LogP contribution in [0, 0.1) is 0 Å². The van der Waals surface area contributed by atoms with Crippen LogP contribution in [0.1, 0.15) is 35.9 Å². The quantitative estimate of drug-likeness (QED) is 0.774. The van der Waals surface area contributed by atoms with E-state index >= 15 is 0 Å². The van der Waals surface area contributed by atoms with Gasteiger partial charge in [-0.2, -0.15) is 0 Å². The van der Waals surface area contributed by atoms with Crippen LogP contribution in [0.5, 0.6) is 0 Å². The lowest BCUT2D eigenvalue weighted by Crippen LogP contribution is -2.35. The Hall–Kier alpha value is -2.09. The first-order chi connectivity index (χ1) is 9.88. The average molecular weight is 265 g/mol. The zero-order valence-electron chi connectivity index (χ0n) is 11.5. The molecule has 1 aliphatic heterocycles. The lowest BCUT2D eigenvalue weighted by atomic mass is 9.83. The highest BCUT2D eigenvalue weighted by molar-refractivity contribution is 5.49. The molecule has 2 nitrogen and oxygen atoms in total. The number of amides is 1. The van der Waals surface area contributed by atoms with E-state index in [1.54, 1.807) is 0 Å². The molecule has 20 heavy (non-hydrogen) atoms. The SMILES string of the molecule is O=CN1CCC(c2ccccc2)CC1c1ccccc1. The fourth-order valence-electron chi connectivity index (χ4n) is 3.14. The minimum atomic E-state index is 0.202. The van der Waals surface area contributed by atoms with Crippen molar-refractivity contribution in [1.82, 2.24) is 4.90 Å². The molecule has 1 heterocycles. The van der Waals surface area contributed by atoms with Crippen LogP contribution in [0.2, 0.25) is 0 Å². The Morgan fingerprint density at radius 2 is 1.50 bits per heavy atom. The Balaban J connectivity index is 1.85. The van der Waals surface area contributed by atoms with E-state index in [0.717, 1.165) is 25.8 Å². The summed E-state index contributed by atoms with van der Waals surface area (Å²) in [5, 5.41) is 0. The maximum Gasteiger partial charge on any atom is 0.210 e. The van der Waals surface area contributed by atoms with Crippen molar-refractivity contribution in [3.05, 3.63) is 71.8 Å². The number of carbonyl (C=O) groups is 1. The highest BCUT2D eigenvalue weighted by atomic mass is 16.1. The molecule has 2 aromatic carbocycles. The van der Waals surface area contributed by atoms with Crippen molar-refractivity contribution in [3.63, 3.8) is 0 Å². The van der Waals surface area contributed by atoms with Gasteiger partial charge in [-0.25, -0.2) is 0 Å². The van der Waals surface area contributed by atoms with Gasteiger partial charge in [-0.05, 0) is 29.9 Å². The standard InChI is InChI=1S/C18H19NO/c20-14-19-12-11-17(15-7-3-1-4-8-15)13-18(19)16-9-5-2-6-10-16/h1-10,14,17-18H,11-13H2. The smallest absolute Gasteiger partial charge is 0.210 e. The largest absolute Gasteiger partial charge is 0.338 e. The van der Waals surface area contributed by atoms with E-state index in [1.165, 1.54) is 11.1 Å². The van der Waals surface area contributed by atoms with Gasteiger partial charge in [0.1, 0.15) is 0 Å². The molecule has 2 aromatic rings. The van der Waals surface area contributed by atoms with Crippen LogP contribution in [0.25, 0.3) is 0 Å². The normalized spacial score (nSPS) is 22.5. The minimum Gasteiger partial charge on any atom is -0.338 e. The van der Waals surface area contributed by atoms with Crippen molar-refractivity contribution in [1.29, 1.82) is 0 Å². The van der Waals surface area contributed by atoms with Gasteiger partial charge >= 0.3 is 0 Å². The third kappa shape index (κ3) is 2.60. The summed E-state index contributed by atoms with van der Waals surface area (Å²) in [6, 6.07) is 21.2. The molecule has 102 valence electrons. The minimum absolute atomic E-state index is 0.202. The molecule has 1 saturated heterocycles. The zero-order valence-corrected chi connectivity index (χ0v) is 11.5. The van der Waals surface area contributed by atoms with E-state index in [9.17, 15) is 4.79 Å². The maximum absolute atomic E-state index is 11.3. The third-order valence-electron chi connectivity index (χ3n) is 4.23. The van der Waals surface area contributed by atoms with Crippen LogP contribution < -0.4 is 0 Å². The summed E-state index contributed by atoms with van der Waals surface area (Å²) in [5.41, 5.74) is 2.62. The number of hydrogen-bond acceptors (Lipinski definition) is 1. The summed E-state index contributed by atoms with van der Waals surface area (Å²) >= 11 is 0. The number of likely N-dealkylation sites (tertiary alicyclic amines) is 1. The molecule has 0 saturated carbocycles. The van der Waals surface area contributed by atoms with Crippen molar-refractivity contribution in [3.8, 4) is 0 Å². The second kappa shape index (κ2) is 5.91. The molecule has 0 bridgehead atoms. The van der Waals surface area contributed by atoms with Crippen molar-refractivity contribution in [2.45, 2.75) is 24.8 Å². The number of rotatable bonds is 3. The van der Waals surface area contributed by atoms with Crippen LogP contribution in [-0.2, 0) is 4.79 Å². The molecular weight excluding hydrogens is 246 g/mol. The van der Waals surface area contributed by atoms with Crippen LogP contribution in [0.4, 0.5) is 0 Å². The summed E-state index contributed by atoms with van der Waals surface area (Å²) in [4.78, 5) is 13.3. The Labute approximate surface area is 120 Å². The van der Waals surface area contributed by atoms with E-state index in [0.29, 0.717) is 5.92 Å². The van der Waals surface area contributed by atoms with E-state index in [4.69, 9.17) is 0 Å². The molecule has 0 aromatic heterocycles. The number of benzene rings is 2. The molecule has 2 unspecified atom stereocenters. The Bertz CT molecular complexity index is 552. The number of carbonyl (C=O) groups excluding carboxylic acids is 1. The van der Waals surface area contributed by atoms with E-state index in [2.05, 4.69) is 42.5 Å². The number of hydrogen-bond donors (Lipinski definition) is 0. The molecule has 1 aliphatic rings. The Morgan fingerprint density at radius 1 is 0.900 bits per heavy atom. The number of piperidine rings is 1. The second-order valence-corrected chi connectivity index (χ2v) is 5.40. The third-order valence-corrected chi connectivity index (χ3v) is 4.23. The Kier molecular flexibility index (Phi) is 3.82. The molecule has 3 rings (SSSR count). The molecular formula is C18H19NO. The first-order valence-corrected chi connectivity index (χ1v) is 7.19. The summed E-state index contributed by atoms with van der Waals surface area (Å²) < 4.78 is 0. The summed E-state index contributed by atoms with van der Waals surface area (Å²) in [7, 11) is 0. The first kappa shape index (κ1) is 12.9. The fraction of sp³-hybridized carbons (Fsp3) is 0.278. The maximum atomic E-state index is 11.3. The lowest BCUT2D eigenvalue weighted by molar-refractivity contribution is -0.121. The summed E-state index contributed by atoms with van der Waals surface area (Å²) in [6.07, 6.45) is 3.05. The van der Waals surface area contributed by atoms with Gasteiger partial charge in [-0.3, -0.25) is 4.79 Å². The van der Waals surface area contributed by atoms with Crippen molar-refractivity contribution in [2.24, 2.45) is 0 Å². The van der Waals surface area contributed by atoms with E-state index < -0.39 is 0 Å². The molecule has 1 fully saturated rings. The van der Waals surface area contributed by atoms with Crippen molar-refractivity contribution < 1.29 is 4.79 Å². The molecule has 0 radical (unpaired) electrons. The summed E-state index contributed by atoms with van der Waals surface area (Å²) in [6.45, 7) is 0.836.